The first kappa shape index (κ1) is 23.9. The lowest BCUT2D eigenvalue weighted by molar-refractivity contribution is 0.180. The maximum Gasteiger partial charge on any atom is 0.201 e. The predicted octanol–water partition coefficient (Wildman–Crippen LogP) is 8.15. The third-order valence-electron chi connectivity index (χ3n) is 6.09. The van der Waals surface area contributed by atoms with Crippen molar-refractivity contribution < 1.29 is 31.1 Å². The summed E-state index contributed by atoms with van der Waals surface area (Å²) in [6.07, 6.45) is 1.59. The van der Waals surface area contributed by atoms with Crippen LogP contribution in [0.25, 0.3) is 21.5 Å². The summed E-state index contributed by atoms with van der Waals surface area (Å²) in [5.41, 5.74) is 1.38. The summed E-state index contributed by atoms with van der Waals surface area (Å²) in [6.45, 7) is 6.28. The number of rotatable bonds is 0. The normalized spacial score (nSPS) is 15.1. The number of ether oxygens (including phenoxy) is 1. The molecular formula is C27H22F6O. The van der Waals surface area contributed by atoms with Gasteiger partial charge in [0.05, 0.1) is 6.10 Å². The molecule has 4 aromatic rings. The number of halogens is 6. The molecule has 1 unspecified atom stereocenters. The monoisotopic (exact) mass is 476 g/mol. The first-order valence-electron chi connectivity index (χ1n) is 10.8. The lowest BCUT2D eigenvalue weighted by Crippen LogP contribution is -2.20. The van der Waals surface area contributed by atoms with Gasteiger partial charge in [-0.05, 0) is 91.8 Å². The van der Waals surface area contributed by atoms with Gasteiger partial charge >= 0.3 is 0 Å². The molecule has 0 radical (unpaired) electrons. The molecule has 0 bridgehead atoms. The van der Waals surface area contributed by atoms with Crippen molar-refractivity contribution in [1.29, 1.82) is 0 Å². The maximum absolute atomic E-state index is 14.1. The van der Waals surface area contributed by atoms with Gasteiger partial charge in [0.25, 0.3) is 0 Å². The Morgan fingerprint density at radius 1 is 0.647 bits per heavy atom. The number of benzene rings is 4. The minimum Gasteiger partial charge on any atom is -0.487 e. The standard InChI is InChI=1S/C16H10F4.C11H12F2O/c1-7-5-9-3-4-10-6-8(2)14(18)16(20)12(10)11(9)15(19)13(7)17;1-6-5-8-4-3-7(2)14-11(8)10(13)9(6)12/h3-6H,1-2H3;5,7H,3-4H2,1-2H3. The summed E-state index contributed by atoms with van der Waals surface area (Å²) in [5.74, 6) is -5.90. The van der Waals surface area contributed by atoms with Crippen molar-refractivity contribution in [2.24, 2.45) is 0 Å². The number of hydrogen-bond donors (Lipinski definition) is 0. The lowest BCUT2D eigenvalue weighted by Gasteiger charge is -2.24. The highest BCUT2D eigenvalue weighted by Gasteiger charge is 2.23. The van der Waals surface area contributed by atoms with E-state index in [1.165, 1.54) is 26.0 Å². The molecule has 0 saturated carbocycles. The summed E-state index contributed by atoms with van der Waals surface area (Å²) in [6, 6.07) is 7.66. The first-order chi connectivity index (χ1) is 16.0. The zero-order valence-corrected chi connectivity index (χ0v) is 19.1. The molecule has 0 aliphatic carbocycles. The van der Waals surface area contributed by atoms with Crippen LogP contribution in [0.2, 0.25) is 0 Å². The molecule has 0 N–H and O–H groups in total. The fraction of sp³-hybridized carbons (Fsp3) is 0.259. The highest BCUT2D eigenvalue weighted by molar-refractivity contribution is 6.08. The Balaban J connectivity index is 0.000000172. The van der Waals surface area contributed by atoms with Crippen molar-refractivity contribution in [3.63, 3.8) is 0 Å². The van der Waals surface area contributed by atoms with Crippen LogP contribution in [-0.2, 0) is 6.42 Å². The van der Waals surface area contributed by atoms with Crippen molar-refractivity contribution in [2.75, 3.05) is 0 Å². The van der Waals surface area contributed by atoms with Crippen molar-refractivity contribution in [2.45, 2.75) is 46.6 Å². The molecule has 4 aromatic carbocycles. The molecule has 1 heterocycles. The molecule has 7 heteroatoms. The second-order valence-electron chi connectivity index (χ2n) is 8.68. The van der Waals surface area contributed by atoms with Crippen molar-refractivity contribution in [3.05, 3.63) is 87.5 Å². The average Bonchev–Trinajstić information content (AvgIpc) is 2.80. The highest BCUT2D eigenvalue weighted by atomic mass is 19.2. The quantitative estimate of drug-likeness (QED) is 0.184. The van der Waals surface area contributed by atoms with Crippen LogP contribution in [0.1, 0.15) is 35.6 Å². The van der Waals surface area contributed by atoms with Crippen LogP contribution in [-0.4, -0.2) is 6.10 Å². The Bertz CT molecular complexity index is 1370. The topological polar surface area (TPSA) is 9.23 Å². The molecule has 1 aliphatic heterocycles. The van der Waals surface area contributed by atoms with Gasteiger partial charge in [0.2, 0.25) is 5.82 Å². The summed E-state index contributed by atoms with van der Waals surface area (Å²) in [7, 11) is 0. The largest absolute Gasteiger partial charge is 0.487 e. The minimum absolute atomic E-state index is 0.0286. The summed E-state index contributed by atoms with van der Waals surface area (Å²) < 4.78 is 87.6. The van der Waals surface area contributed by atoms with Crippen LogP contribution < -0.4 is 4.74 Å². The fourth-order valence-corrected chi connectivity index (χ4v) is 4.24. The smallest absolute Gasteiger partial charge is 0.201 e. The van der Waals surface area contributed by atoms with Crippen LogP contribution in [0.15, 0.2) is 30.3 Å². The average molecular weight is 476 g/mol. The molecule has 1 nitrogen and oxygen atoms in total. The Labute approximate surface area is 193 Å². The molecule has 0 amide bonds. The van der Waals surface area contributed by atoms with Gasteiger partial charge in [-0.15, -0.1) is 0 Å². The van der Waals surface area contributed by atoms with E-state index in [0.29, 0.717) is 16.3 Å². The minimum atomic E-state index is -1.15. The second kappa shape index (κ2) is 8.85. The Hall–Kier alpha value is -3.22. The van der Waals surface area contributed by atoms with Gasteiger partial charge in [-0.25, -0.2) is 22.0 Å². The summed E-state index contributed by atoms with van der Waals surface area (Å²) in [5, 5.41) is 0.246. The predicted molar refractivity (Wildman–Crippen MR) is 120 cm³/mol. The van der Waals surface area contributed by atoms with Crippen molar-refractivity contribution >= 4 is 21.5 Å². The van der Waals surface area contributed by atoms with Gasteiger partial charge in [0.15, 0.2) is 34.8 Å². The molecule has 178 valence electrons. The van der Waals surface area contributed by atoms with E-state index in [1.807, 2.05) is 6.92 Å². The maximum atomic E-state index is 14.1. The van der Waals surface area contributed by atoms with Crippen LogP contribution in [0.3, 0.4) is 0 Å². The van der Waals surface area contributed by atoms with Gasteiger partial charge in [0, 0.05) is 10.8 Å². The van der Waals surface area contributed by atoms with Gasteiger partial charge in [-0.2, -0.15) is 4.39 Å². The summed E-state index contributed by atoms with van der Waals surface area (Å²) in [4.78, 5) is 0. The first-order valence-corrected chi connectivity index (χ1v) is 10.8. The van der Waals surface area contributed by atoms with E-state index < -0.39 is 34.9 Å². The van der Waals surface area contributed by atoms with Gasteiger partial charge in [-0.1, -0.05) is 12.1 Å². The third-order valence-corrected chi connectivity index (χ3v) is 6.09. The molecule has 5 rings (SSSR count). The van der Waals surface area contributed by atoms with Crippen molar-refractivity contribution in [1.82, 2.24) is 0 Å². The van der Waals surface area contributed by atoms with Gasteiger partial charge < -0.3 is 4.74 Å². The number of hydrogen-bond acceptors (Lipinski definition) is 1. The lowest BCUT2D eigenvalue weighted by atomic mass is 9.97. The van der Waals surface area contributed by atoms with Crippen molar-refractivity contribution in [3.8, 4) is 5.75 Å². The van der Waals surface area contributed by atoms with E-state index >= 15 is 0 Å². The number of fused-ring (bicyclic) bond motifs is 4. The second-order valence-corrected chi connectivity index (χ2v) is 8.68. The Morgan fingerprint density at radius 3 is 1.59 bits per heavy atom. The highest BCUT2D eigenvalue weighted by Crippen LogP contribution is 2.35. The van der Waals surface area contributed by atoms with E-state index in [-0.39, 0.29) is 33.8 Å². The number of aryl methyl sites for hydroxylation is 4. The third kappa shape index (κ3) is 3.97. The molecule has 34 heavy (non-hydrogen) atoms. The van der Waals surface area contributed by atoms with Crippen LogP contribution in [0.4, 0.5) is 26.3 Å². The van der Waals surface area contributed by atoms with Crippen LogP contribution in [0, 0.1) is 55.7 Å². The van der Waals surface area contributed by atoms with Gasteiger partial charge in [0.1, 0.15) is 0 Å². The molecule has 1 aliphatic rings. The Kier molecular flexibility index (Phi) is 6.23. The molecule has 0 fully saturated rings. The zero-order chi connectivity index (χ0) is 24.9. The summed E-state index contributed by atoms with van der Waals surface area (Å²) >= 11 is 0. The molecular weight excluding hydrogens is 454 g/mol. The zero-order valence-electron chi connectivity index (χ0n) is 19.1. The SMILES string of the molecule is Cc1cc2c(c(F)c1F)OC(C)CC2.Cc1cc2ccc3cc(C)c(F)c(F)c3c2c(F)c1F. The van der Waals surface area contributed by atoms with Gasteiger partial charge in [-0.3, -0.25) is 0 Å². The molecule has 0 spiro atoms. The molecule has 1 atom stereocenters. The molecule has 0 aromatic heterocycles. The Morgan fingerprint density at radius 2 is 1.09 bits per heavy atom. The molecule has 0 saturated heterocycles. The van der Waals surface area contributed by atoms with E-state index in [9.17, 15) is 26.3 Å². The van der Waals surface area contributed by atoms with Crippen LogP contribution >= 0.6 is 0 Å². The van der Waals surface area contributed by atoms with E-state index in [1.54, 1.807) is 25.1 Å². The van der Waals surface area contributed by atoms with E-state index in [2.05, 4.69) is 0 Å². The van der Waals surface area contributed by atoms with Crippen LogP contribution in [0.5, 0.6) is 5.75 Å². The van der Waals surface area contributed by atoms with E-state index in [0.717, 1.165) is 18.4 Å². The fourth-order valence-electron chi connectivity index (χ4n) is 4.24. The van der Waals surface area contributed by atoms with E-state index in [4.69, 9.17) is 4.74 Å².